The van der Waals surface area contributed by atoms with Crippen LogP contribution < -0.4 is 10.6 Å². The third kappa shape index (κ3) is 12.6. The highest BCUT2D eigenvalue weighted by atomic mass is 16.6. The van der Waals surface area contributed by atoms with Crippen molar-refractivity contribution in [3.8, 4) is 11.4 Å². The number of hydrogen-bond acceptors (Lipinski definition) is 10. The summed E-state index contributed by atoms with van der Waals surface area (Å²) in [6.45, 7) is 16.6. The monoisotopic (exact) mass is 589 g/mol. The van der Waals surface area contributed by atoms with Crippen LogP contribution in [-0.2, 0) is 27.2 Å². The van der Waals surface area contributed by atoms with Gasteiger partial charge in [-0.05, 0) is 83.7 Å². The first-order valence-corrected chi connectivity index (χ1v) is 14.3. The number of pyridine rings is 1. The average Bonchev–Trinajstić information content (AvgIpc) is 2.90. The van der Waals surface area contributed by atoms with Crippen LogP contribution in [0.3, 0.4) is 0 Å². The standard InChI is InChI=1S/C32H43N7O4/c1-8-15-39(21-27(40)42-31(2,3)4)20-24-11-9-13-26(17-24)37-29-36-22-35-28(38-29)25-16-23(18-33-19-25)12-10-14-34-30(41)43-32(5,6)7/h8-9,11,13,16-19,22H,1,10,12,14-15,20-21H2,2-7H3,(H,34,41)(H,35,36,37,38). The van der Waals surface area contributed by atoms with Crippen LogP contribution in [-0.4, -0.2) is 67.7 Å². The maximum Gasteiger partial charge on any atom is 0.407 e. The zero-order chi connectivity index (χ0) is 31.5. The van der Waals surface area contributed by atoms with Crippen LogP contribution in [0.15, 0.2) is 61.7 Å². The third-order valence-electron chi connectivity index (χ3n) is 5.68. The molecule has 43 heavy (non-hydrogen) atoms. The van der Waals surface area contributed by atoms with Crippen LogP contribution in [0, 0.1) is 0 Å². The molecule has 230 valence electrons. The number of rotatable bonds is 13. The fourth-order valence-electron chi connectivity index (χ4n) is 4.10. The first-order chi connectivity index (χ1) is 20.3. The predicted molar refractivity (Wildman–Crippen MR) is 167 cm³/mol. The summed E-state index contributed by atoms with van der Waals surface area (Å²) in [4.78, 5) is 43.8. The number of anilines is 2. The van der Waals surface area contributed by atoms with Crippen LogP contribution in [0.25, 0.3) is 11.4 Å². The number of esters is 1. The van der Waals surface area contributed by atoms with Crippen LogP contribution >= 0.6 is 0 Å². The maximum absolute atomic E-state index is 12.4. The van der Waals surface area contributed by atoms with Gasteiger partial charge >= 0.3 is 12.1 Å². The van der Waals surface area contributed by atoms with Gasteiger partial charge in [-0.25, -0.2) is 14.8 Å². The van der Waals surface area contributed by atoms with E-state index in [9.17, 15) is 9.59 Å². The van der Waals surface area contributed by atoms with Crippen molar-refractivity contribution < 1.29 is 19.1 Å². The van der Waals surface area contributed by atoms with E-state index in [1.807, 2.05) is 76.8 Å². The van der Waals surface area contributed by atoms with Gasteiger partial charge in [-0.3, -0.25) is 14.7 Å². The molecule has 11 nitrogen and oxygen atoms in total. The van der Waals surface area contributed by atoms with Crippen LogP contribution in [0.5, 0.6) is 0 Å². The Kier molecular flexibility index (Phi) is 11.7. The number of carbonyl (C=O) groups excluding carboxylic acids is 2. The minimum Gasteiger partial charge on any atom is -0.459 e. The second kappa shape index (κ2) is 15.2. The second-order valence-corrected chi connectivity index (χ2v) is 12.1. The smallest absolute Gasteiger partial charge is 0.407 e. The molecule has 0 fully saturated rings. The lowest BCUT2D eigenvalue weighted by Crippen LogP contribution is -2.34. The first-order valence-electron chi connectivity index (χ1n) is 14.3. The lowest BCUT2D eigenvalue weighted by molar-refractivity contribution is -0.156. The fourth-order valence-corrected chi connectivity index (χ4v) is 4.10. The Bertz CT molecular complexity index is 1380. The number of carbonyl (C=O) groups is 2. The summed E-state index contributed by atoms with van der Waals surface area (Å²) in [7, 11) is 0. The number of nitrogens with zero attached hydrogens (tertiary/aromatic N) is 5. The van der Waals surface area contributed by atoms with Crippen molar-refractivity contribution in [2.75, 3.05) is 25.0 Å². The van der Waals surface area contributed by atoms with Gasteiger partial charge in [0.2, 0.25) is 5.95 Å². The molecule has 2 aromatic heterocycles. The van der Waals surface area contributed by atoms with Crippen molar-refractivity contribution in [2.45, 2.75) is 72.1 Å². The maximum atomic E-state index is 12.4. The normalized spacial score (nSPS) is 11.6. The number of benzene rings is 1. The third-order valence-corrected chi connectivity index (χ3v) is 5.68. The van der Waals surface area contributed by atoms with Gasteiger partial charge in [0, 0.05) is 43.3 Å². The molecular formula is C32H43N7O4. The van der Waals surface area contributed by atoms with E-state index in [1.165, 1.54) is 6.33 Å². The molecule has 0 spiro atoms. The van der Waals surface area contributed by atoms with Gasteiger partial charge in [0.25, 0.3) is 0 Å². The van der Waals surface area contributed by atoms with Crippen LogP contribution in [0.1, 0.15) is 59.1 Å². The second-order valence-electron chi connectivity index (χ2n) is 12.1. The summed E-state index contributed by atoms with van der Waals surface area (Å²) in [5.74, 6) is 0.604. The average molecular weight is 590 g/mol. The molecule has 0 aliphatic rings. The number of amides is 1. The largest absolute Gasteiger partial charge is 0.459 e. The molecule has 0 radical (unpaired) electrons. The van der Waals surface area contributed by atoms with Gasteiger partial charge in [-0.2, -0.15) is 4.98 Å². The van der Waals surface area contributed by atoms with E-state index in [-0.39, 0.29) is 12.5 Å². The molecule has 0 saturated heterocycles. The van der Waals surface area contributed by atoms with E-state index in [0.29, 0.717) is 31.4 Å². The van der Waals surface area contributed by atoms with E-state index in [1.54, 1.807) is 18.5 Å². The highest BCUT2D eigenvalue weighted by molar-refractivity contribution is 5.72. The Labute approximate surface area is 254 Å². The molecule has 0 saturated carbocycles. The van der Waals surface area contributed by atoms with Crippen molar-refractivity contribution in [1.29, 1.82) is 0 Å². The van der Waals surface area contributed by atoms with E-state index in [4.69, 9.17) is 9.47 Å². The van der Waals surface area contributed by atoms with E-state index in [2.05, 4.69) is 37.1 Å². The minimum absolute atomic E-state index is 0.158. The van der Waals surface area contributed by atoms with Gasteiger partial charge < -0.3 is 20.1 Å². The van der Waals surface area contributed by atoms with Gasteiger partial charge in [0.1, 0.15) is 17.5 Å². The molecule has 3 rings (SSSR count). The molecule has 11 heteroatoms. The highest BCUT2D eigenvalue weighted by Gasteiger charge is 2.19. The van der Waals surface area contributed by atoms with Crippen LogP contribution in [0.2, 0.25) is 0 Å². The molecule has 0 aliphatic carbocycles. The number of nitrogens with one attached hydrogen (secondary N) is 2. The lowest BCUT2D eigenvalue weighted by Gasteiger charge is -2.24. The predicted octanol–water partition coefficient (Wildman–Crippen LogP) is 5.46. The summed E-state index contributed by atoms with van der Waals surface area (Å²) in [6, 6.07) is 9.83. The SMILES string of the molecule is C=CCN(CC(=O)OC(C)(C)C)Cc1cccc(Nc2ncnc(-c3cncc(CCCNC(=O)OC(C)(C)C)c3)n2)c1. The number of aromatic nitrogens is 4. The molecule has 0 bridgehead atoms. The van der Waals surface area contributed by atoms with Gasteiger partial charge in [0.05, 0.1) is 6.54 Å². The summed E-state index contributed by atoms with van der Waals surface area (Å²) in [6.07, 6.45) is 7.75. The highest BCUT2D eigenvalue weighted by Crippen LogP contribution is 2.20. The van der Waals surface area contributed by atoms with E-state index < -0.39 is 17.3 Å². The zero-order valence-electron chi connectivity index (χ0n) is 26.0. The Hall–Kier alpha value is -4.38. The van der Waals surface area contributed by atoms with Gasteiger partial charge in [-0.15, -0.1) is 6.58 Å². The molecule has 1 aromatic carbocycles. The van der Waals surface area contributed by atoms with Gasteiger partial charge in [0.15, 0.2) is 5.82 Å². The lowest BCUT2D eigenvalue weighted by atomic mass is 10.1. The van der Waals surface area contributed by atoms with Crippen molar-refractivity contribution >= 4 is 23.7 Å². The Morgan fingerprint density at radius 2 is 1.77 bits per heavy atom. The molecule has 3 aromatic rings. The summed E-state index contributed by atoms with van der Waals surface area (Å²) in [5, 5.41) is 6.02. The summed E-state index contributed by atoms with van der Waals surface area (Å²) < 4.78 is 10.8. The topological polar surface area (TPSA) is 131 Å². The van der Waals surface area contributed by atoms with Crippen molar-refractivity contribution in [1.82, 2.24) is 30.2 Å². The first kappa shape index (κ1) is 33.1. The molecule has 2 N–H and O–H groups in total. The number of aryl methyl sites for hydroxylation is 1. The van der Waals surface area contributed by atoms with E-state index >= 15 is 0 Å². The Morgan fingerprint density at radius 1 is 1.00 bits per heavy atom. The molecule has 0 aliphatic heterocycles. The van der Waals surface area contributed by atoms with Crippen molar-refractivity contribution in [3.05, 3.63) is 72.8 Å². The van der Waals surface area contributed by atoms with E-state index in [0.717, 1.165) is 35.2 Å². The molecule has 1 amide bonds. The quantitative estimate of drug-likeness (QED) is 0.150. The van der Waals surface area contributed by atoms with Gasteiger partial charge in [-0.1, -0.05) is 18.2 Å². The summed E-state index contributed by atoms with van der Waals surface area (Å²) >= 11 is 0. The molecule has 0 unspecified atom stereocenters. The number of alkyl carbamates (subject to hydrolysis) is 1. The Morgan fingerprint density at radius 3 is 2.49 bits per heavy atom. The molecular weight excluding hydrogens is 546 g/mol. The van der Waals surface area contributed by atoms with Crippen molar-refractivity contribution in [3.63, 3.8) is 0 Å². The molecule has 0 atom stereocenters. The summed E-state index contributed by atoms with van der Waals surface area (Å²) in [5.41, 5.74) is 2.50. The zero-order valence-corrected chi connectivity index (χ0v) is 26.0. The molecule has 2 heterocycles. The Balaban J connectivity index is 1.61. The minimum atomic E-state index is -0.539. The van der Waals surface area contributed by atoms with Crippen LogP contribution in [0.4, 0.5) is 16.4 Å². The van der Waals surface area contributed by atoms with Crippen molar-refractivity contribution in [2.24, 2.45) is 0 Å². The number of ether oxygens (including phenoxy) is 2. The number of hydrogen-bond donors (Lipinski definition) is 2. The fraction of sp³-hybridized carbons (Fsp3) is 0.438.